The lowest BCUT2D eigenvalue weighted by Crippen LogP contribution is -2.29. The Balaban J connectivity index is 3.81. The average Bonchev–Trinajstić information content (AvgIpc) is 2.75. The van der Waals surface area contributed by atoms with Crippen LogP contribution in [-0.2, 0) is 32.7 Å². The first-order chi connectivity index (χ1) is 46.8. The Bertz CT molecular complexity index is 1930. The minimum absolute atomic E-state index is 0.0524. The maximum atomic E-state index is 12.8. The summed E-state index contributed by atoms with van der Waals surface area (Å²) in [7, 11) is -4.40. The zero-order valence-corrected chi connectivity index (χ0v) is 63.0. The van der Waals surface area contributed by atoms with Crippen LogP contribution in [0.3, 0.4) is 0 Å². The van der Waals surface area contributed by atoms with E-state index >= 15 is 0 Å². The highest BCUT2D eigenvalue weighted by molar-refractivity contribution is 7.47. The third-order valence-corrected chi connectivity index (χ3v) is 18.6. The van der Waals surface area contributed by atoms with Crippen LogP contribution < -0.4 is 5.73 Å². The molecule has 0 spiro atoms. The van der Waals surface area contributed by atoms with Crippen molar-refractivity contribution >= 4 is 19.8 Å². The van der Waals surface area contributed by atoms with Gasteiger partial charge >= 0.3 is 19.8 Å². The number of rotatable bonds is 76. The Labute approximate surface area is 588 Å². The molecule has 0 aliphatic heterocycles. The fraction of sp³-hybridized carbons (Fsp3) is 0.765. The lowest BCUT2D eigenvalue weighted by molar-refractivity contribution is -0.161. The minimum atomic E-state index is -4.40. The van der Waals surface area contributed by atoms with Gasteiger partial charge in [0.1, 0.15) is 6.61 Å². The monoisotopic (exact) mass is 1350 g/mol. The van der Waals surface area contributed by atoms with E-state index < -0.39 is 26.5 Å². The Morgan fingerprint density at radius 1 is 0.326 bits per heavy atom. The normalized spacial score (nSPS) is 13.4. The van der Waals surface area contributed by atoms with Crippen LogP contribution >= 0.6 is 7.82 Å². The Morgan fingerprint density at radius 3 is 0.874 bits per heavy atom. The summed E-state index contributed by atoms with van der Waals surface area (Å²) in [5.74, 6) is -0.812. The molecule has 0 amide bonds. The summed E-state index contributed by atoms with van der Waals surface area (Å²) in [5.41, 5.74) is 5.42. The molecule has 2 atom stereocenters. The quantitative estimate of drug-likeness (QED) is 0.0264. The predicted octanol–water partition coefficient (Wildman–Crippen LogP) is 27.2. The number of hydrogen-bond acceptors (Lipinski definition) is 8. The van der Waals surface area contributed by atoms with Crippen LogP contribution in [0.5, 0.6) is 0 Å². The van der Waals surface area contributed by atoms with Crippen LogP contribution in [0, 0.1) is 0 Å². The van der Waals surface area contributed by atoms with Gasteiger partial charge in [-0.1, -0.05) is 380 Å². The maximum Gasteiger partial charge on any atom is 0.472 e. The second-order valence-corrected chi connectivity index (χ2v) is 28.4. The van der Waals surface area contributed by atoms with Crippen molar-refractivity contribution in [1.82, 2.24) is 0 Å². The van der Waals surface area contributed by atoms with Crippen LogP contribution in [0.2, 0.25) is 0 Å². The molecule has 0 aromatic rings. The van der Waals surface area contributed by atoms with E-state index in [-0.39, 0.29) is 38.6 Å². The van der Waals surface area contributed by atoms with Gasteiger partial charge < -0.3 is 20.1 Å². The van der Waals surface area contributed by atoms with E-state index in [4.69, 9.17) is 24.3 Å². The van der Waals surface area contributed by atoms with Crippen molar-refractivity contribution in [2.45, 2.75) is 392 Å². The molecule has 0 bridgehead atoms. The van der Waals surface area contributed by atoms with Crippen LogP contribution in [0.4, 0.5) is 0 Å². The summed E-state index contributed by atoms with van der Waals surface area (Å²) in [6.45, 7) is 3.68. The molecular formula is C85H152NO8P. The van der Waals surface area contributed by atoms with E-state index in [0.717, 1.165) is 89.9 Å². The van der Waals surface area contributed by atoms with Crippen molar-refractivity contribution in [1.29, 1.82) is 0 Å². The fourth-order valence-electron chi connectivity index (χ4n) is 11.7. The molecule has 0 saturated heterocycles. The molecule has 0 radical (unpaired) electrons. The van der Waals surface area contributed by atoms with Gasteiger partial charge in [-0.25, -0.2) is 4.57 Å². The highest BCUT2D eigenvalue weighted by Gasteiger charge is 2.26. The molecular weight excluding hydrogens is 1190 g/mol. The molecule has 9 nitrogen and oxygen atoms in total. The number of nitrogens with two attached hydrogens (primary N) is 1. The Kier molecular flexibility index (Phi) is 76.9. The van der Waals surface area contributed by atoms with E-state index in [0.29, 0.717) is 6.42 Å². The largest absolute Gasteiger partial charge is 0.472 e. The number of unbranched alkanes of at least 4 members (excludes halogenated alkanes) is 45. The summed E-state index contributed by atoms with van der Waals surface area (Å²) in [5, 5.41) is 0. The fourth-order valence-corrected chi connectivity index (χ4v) is 12.5. The van der Waals surface area contributed by atoms with Gasteiger partial charge in [-0.15, -0.1) is 0 Å². The number of phosphoric ester groups is 1. The van der Waals surface area contributed by atoms with Gasteiger partial charge in [0.15, 0.2) is 6.10 Å². The number of ether oxygens (including phenoxy) is 2. The zero-order valence-electron chi connectivity index (χ0n) is 62.1. The van der Waals surface area contributed by atoms with E-state index in [1.54, 1.807) is 0 Å². The van der Waals surface area contributed by atoms with Crippen molar-refractivity contribution in [3.05, 3.63) is 109 Å². The van der Waals surface area contributed by atoms with Crippen LogP contribution in [-0.4, -0.2) is 49.3 Å². The van der Waals surface area contributed by atoms with Gasteiger partial charge in [0.05, 0.1) is 13.2 Å². The molecule has 0 fully saturated rings. The maximum absolute atomic E-state index is 12.8. The second kappa shape index (κ2) is 79.7. The van der Waals surface area contributed by atoms with Crippen LogP contribution in [0.1, 0.15) is 386 Å². The van der Waals surface area contributed by atoms with Gasteiger partial charge in [-0.3, -0.25) is 18.6 Å². The number of esters is 2. The van der Waals surface area contributed by atoms with Gasteiger partial charge in [0.25, 0.3) is 0 Å². The standard InChI is InChI=1S/C85H152NO8P/c1-3-5-7-9-11-13-15-17-19-21-23-25-27-29-31-33-35-37-38-39-40-41-42-43-44-46-48-50-52-54-56-58-60-62-64-66-68-70-72-74-76-78-85(88)94-83(82-93-95(89,90)92-80-79-86)81-91-84(87)77-75-73-71-69-67-65-63-61-59-57-55-53-51-49-47-45-36-34-32-30-28-26-24-22-20-18-16-14-12-10-8-6-4-2/h5,7,11,13,17,19,22-25,29,31,35,37,39-40,42-43,83H,3-4,6,8-10,12,14-16,18,20-21,26-28,30,32-34,36,38,41,44-82,86H2,1-2H3,(H,89,90)/b7-5-,13-11-,19-17-,24-22-,25-23-,31-29-,37-35-,40-39-,43-42-. The molecule has 0 saturated carbocycles. The third kappa shape index (κ3) is 79.5. The number of carbonyl (C=O) groups excluding carboxylic acids is 2. The smallest absolute Gasteiger partial charge is 0.462 e. The molecule has 0 aromatic carbocycles. The van der Waals surface area contributed by atoms with Crippen molar-refractivity contribution in [3.63, 3.8) is 0 Å². The molecule has 2 unspecified atom stereocenters. The van der Waals surface area contributed by atoms with Crippen molar-refractivity contribution in [2.75, 3.05) is 26.4 Å². The zero-order chi connectivity index (χ0) is 68.6. The molecule has 550 valence electrons. The first-order valence-corrected chi connectivity index (χ1v) is 41.9. The summed E-state index contributed by atoms with van der Waals surface area (Å²) in [6.07, 6.45) is 111. The summed E-state index contributed by atoms with van der Waals surface area (Å²) in [6, 6.07) is 0. The van der Waals surface area contributed by atoms with Crippen molar-refractivity contribution in [3.8, 4) is 0 Å². The minimum Gasteiger partial charge on any atom is -0.462 e. The predicted molar refractivity (Wildman–Crippen MR) is 413 cm³/mol. The number of allylic oxidation sites excluding steroid dienone is 18. The first-order valence-electron chi connectivity index (χ1n) is 40.4. The molecule has 10 heteroatoms. The van der Waals surface area contributed by atoms with Gasteiger partial charge in [-0.2, -0.15) is 0 Å². The molecule has 0 heterocycles. The molecule has 0 rings (SSSR count). The summed E-state index contributed by atoms with van der Waals surface area (Å²) in [4.78, 5) is 35.5. The van der Waals surface area contributed by atoms with E-state index in [2.05, 4.69) is 123 Å². The Hall–Kier alpha value is -3.33. The molecule has 95 heavy (non-hydrogen) atoms. The lowest BCUT2D eigenvalue weighted by Gasteiger charge is -2.19. The lowest BCUT2D eigenvalue weighted by atomic mass is 10.0. The highest BCUT2D eigenvalue weighted by Crippen LogP contribution is 2.43. The molecule has 0 aliphatic rings. The van der Waals surface area contributed by atoms with E-state index in [1.165, 1.54) is 263 Å². The van der Waals surface area contributed by atoms with Crippen LogP contribution in [0.25, 0.3) is 0 Å². The molecule has 0 aliphatic carbocycles. The van der Waals surface area contributed by atoms with Crippen LogP contribution in [0.15, 0.2) is 109 Å². The SMILES string of the molecule is CC/C=C\C/C=C\C/C=C\C/C=C\C/C=C\C/C=C\C/C=C\C/C=C\CCCCCCCCCCCCCCCCCCC(=O)OC(COC(=O)CCCCCCCCCCCCCCCCCCCCCCC/C=C\CCCCCCCCCC)COP(=O)(O)OCCN. The van der Waals surface area contributed by atoms with Crippen molar-refractivity contribution in [2.24, 2.45) is 5.73 Å². The molecule has 0 aromatic heterocycles. The topological polar surface area (TPSA) is 134 Å². The number of hydrogen-bond donors (Lipinski definition) is 2. The second-order valence-electron chi connectivity index (χ2n) is 26.9. The number of phosphoric acid groups is 1. The first kappa shape index (κ1) is 91.7. The van der Waals surface area contributed by atoms with Crippen molar-refractivity contribution < 1.29 is 37.6 Å². The van der Waals surface area contributed by atoms with E-state index in [1.807, 2.05) is 0 Å². The molecule has 3 N–H and O–H groups in total. The van der Waals surface area contributed by atoms with E-state index in [9.17, 15) is 19.0 Å². The van der Waals surface area contributed by atoms with Gasteiger partial charge in [-0.05, 0) is 103 Å². The summed E-state index contributed by atoms with van der Waals surface area (Å²) >= 11 is 0. The van der Waals surface area contributed by atoms with Gasteiger partial charge in [0.2, 0.25) is 0 Å². The summed E-state index contributed by atoms with van der Waals surface area (Å²) < 4.78 is 33.3. The Morgan fingerprint density at radius 2 is 0.579 bits per heavy atom. The average molecular weight is 1350 g/mol. The number of carbonyl (C=O) groups is 2. The van der Waals surface area contributed by atoms with Gasteiger partial charge in [0, 0.05) is 19.4 Å². The highest BCUT2D eigenvalue weighted by atomic mass is 31.2. The third-order valence-electron chi connectivity index (χ3n) is 17.6.